The number of halogens is 2. The quantitative estimate of drug-likeness (QED) is 0.490. The van der Waals surface area contributed by atoms with Crippen molar-refractivity contribution in [3.8, 4) is 11.8 Å². The molecule has 0 bridgehead atoms. The molecule has 1 aliphatic carbocycles. The van der Waals surface area contributed by atoms with E-state index in [1.54, 1.807) is 34.7 Å². The van der Waals surface area contributed by atoms with Crippen LogP contribution in [0.5, 0.6) is 0 Å². The van der Waals surface area contributed by atoms with Crippen LogP contribution >= 0.6 is 0 Å². The van der Waals surface area contributed by atoms with Gasteiger partial charge in [0.15, 0.2) is 5.65 Å². The summed E-state index contributed by atoms with van der Waals surface area (Å²) in [5.74, 6) is 5.84. The number of nitrogens with one attached hydrogen (secondary N) is 1. The number of fused-ring (bicyclic) bond motifs is 1. The molecule has 8 nitrogen and oxygen atoms in total. The van der Waals surface area contributed by atoms with E-state index in [2.05, 4.69) is 32.2 Å². The maximum absolute atomic E-state index is 14.4. The highest BCUT2D eigenvalue weighted by Crippen LogP contribution is 2.23. The van der Waals surface area contributed by atoms with Crippen LogP contribution < -0.4 is 11.1 Å². The number of aromatic nitrogens is 4. The SMILES string of the molecule is CCn1nc(C#Cc2cc(NC(=O)N3CCCC3)c(F)cc2C)c2c(N)ncnc21.FC1C=CC=CC1. The summed E-state index contributed by atoms with van der Waals surface area (Å²) in [6.45, 7) is 5.68. The van der Waals surface area contributed by atoms with E-state index in [1.165, 1.54) is 12.4 Å². The number of carbonyl (C=O) groups excluding carboxylic acids is 1. The largest absolute Gasteiger partial charge is 0.383 e. The predicted molar refractivity (Wildman–Crippen MR) is 140 cm³/mol. The minimum atomic E-state index is -0.731. The first-order valence-corrected chi connectivity index (χ1v) is 12.2. The summed E-state index contributed by atoms with van der Waals surface area (Å²) >= 11 is 0. The number of nitrogens with zero attached hydrogens (tertiary/aromatic N) is 5. The van der Waals surface area contributed by atoms with E-state index in [4.69, 9.17) is 5.73 Å². The van der Waals surface area contributed by atoms with Gasteiger partial charge in [-0.05, 0) is 50.3 Å². The molecule has 0 radical (unpaired) electrons. The number of urea groups is 1. The topological polar surface area (TPSA) is 102 Å². The molecule has 2 amide bonds. The first-order chi connectivity index (χ1) is 17.9. The maximum Gasteiger partial charge on any atom is 0.321 e. The molecule has 10 heteroatoms. The van der Waals surface area contributed by atoms with Crippen LogP contribution in [0.2, 0.25) is 0 Å². The molecule has 1 aromatic carbocycles. The third-order valence-electron chi connectivity index (χ3n) is 6.05. The minimum absolute atomic E-state index is 0.105. The van der Waals surface area contributed by atoms with Gasteiger partial charge in [0.1, 0.15) is 29.8 Å². The fourth-order valence-corrected chi connectivity index (χ4v) is 4.03. The van der Waals surface area contributed by atoms with E-state index in [0.717, 1.165) is 12.8 Å². The molecule has 1 saturated heterocycles. The number of benzene rings is 1. The Morgan fingerprint density at radius 2 is 2.00 bits per heavy atom. The molecule has 5 rings (SSSR count). The standard InChI is InChI=1S/C21H22FN7O.C6H7F/c1-3-29-20-18(19(23)24-12-25-20)16(27-29)7-6-14-11-17(15(22)10-13(14)2)26-21(30)28-8-4-5-9-28;7-6-4-2-1-3-5-6/h10-12H,3-5,8-9H2,1-2H3,(H,26,30)(H2,23,24,25);1-4,6H,5H2. The van der Waals surface area contributed by atoms with Gasteiger partial charge >= 0.3 is 6.03 Å². The lowest BCUT2D eigenvalue weighted by atomic mass is 10.1. The Hall–Kier alpha value is -4.26. The van der Waals surface area contributed by atoms with Crippen molar-refractivity contribution in [2.75, 3.05) is 24.1 Å². The number of allylic oxidation sites excluding steroid dienone is 4. The van der Waals surface area contributed by atoms with Crippen molar-refractivity contribution >= 4 is 28.6 Å². The van der Waals surface area contributed by atoms with Crippen molar-refractivity contribution in [2.45, 2.75) is 45.8 Å². The normalized spacial score (nSPS) is 16.2. The minimum Gasteiger partial charge on any atom is -0.383 e. The highest BCUT2D eigenvalue weighted by Gasteiger charge is 2.19. The fraction of sp³-hybridized carbons (Fsp3) is 0.333. The number of hydrogen-bond acceptors (Lipinski definition) is 5. The number of hydrogen-bond donors (Lipinski definition) is 2. The van der Waals surface area contributed by atoms with Crippen molar-refractivity contribution < 1.29 is 13.6 Å². The molecule has 0 saturated carbocycles. The predicted octanol–water partition coefficient (Wildman–Crippen LogP) is 4.74. The number of aryl methyl sites for hydroxylation is 2. The van der Waals surface area contributed by atoms with Gasteiger partial charge in [-0.2, -0.15) is 5.10 Å². The fourth-order valence-electron chi connectivity index (χ4n) is 4.03. The molecule has 2 aliphatic rings. The Morgan fingerprint density at radius 1 is 1.22 bits per heavy atom. The number of rotatable bonds is 2. The number of alkyl halides is 1. The third-order valence-corrected chi connectivity index (χ3v) is 6.05. The lowest BCUT2D eigenvalue weighted by Crippen LogP contribution is -2.32. The summed E-state index contributed by atoms with van der Waals surface area (Å²) in [5, 5.41) is 7.71. The van der Waals surface area contributed by atoms with E-state index in [1.807, 2.05) is 19.1 Å². The molecule has 3 N–H and O–H groups in total. The number of nitrogens with two attached hydrogens (primary N) is 1. The number of amides is 2. The lowest BCUT2D eigenvalue weighted by molar-refractivity contribution is 0.222. The number of nitrogen functional groups attached to an aromatic ring is 1. The zero-order valence-electron chi connectivity index (χ0n) is 20.8. The highest BCUT2D eigenvalue weighted by atomic mass is 19.1. The van der Waals surface area contributed by atoms with Crippen LogP contribution in [0.15, 0.2) is 42.8 Å². The van der Waals surface area contributed by atoms with Crippen LogP contribution in [0.25, 0.3) is 11.0 Å². The van der Waals surface area contributed by atoms with Gasteiger partial charge in [0.05, 0.1) is 11.1 Å². The van der Waals surface area contributed by atoms with Gasteiger partial charge in [0.2, 0.25) is 0 Å². The Kier molecular flexibility index (Phi) is 8.13. The summed E-state index contributed by atoms with van der Waals surface area (Å²) in [7, 11) is 0. The Labute approximate surface area is 214 Å². The van der Waals surface area contributed by atoms with Crippen molar-refractivity contribution in [1.29, 1.82) is 0 Å². The molecule has 1 fully saturated rings. The smallest absolute Gasteiger partial charge is 0.321 e. The summed E-state index contributed by atoms with van der Waals surface area (Å²) < 4.78 is 28.2. The van der Waals surface area contributed by atoms with Crippen LogP contribution in [0.1, 0.15) is 43.0 Å². The van der Waals surface area contributed by atoms with E-state index in [0.29, 0.717) is 59.7 Å². The van der Waals surface area contributed by atoms with Gasteiger partial charge in [0, 0.05) is 31.6 Å². The average Bonchev–Trinajstić information content (AvgIpc) is 3.55. The molecule has 1 unspecified atom stereocenters. The summed E-state index contributed by atoms with van der Waals surface area (Å²) in [6, 6.07) is 2.61. The van der Waals surface area contributed by atoms with Crippen LogP contribution in [-0.2, 0) is 6.54 Å². The molecule has 3 heterocycles. The Bertz CT molecular complexity index is 1410. The number of anilines is 2. The second kappa shape index (κ2) is 11.6. The number of carbonyl (C=O) groups is 1. The van der Waals surface area contributed by atoms with Gasteiger partial charge < -0.3 is 16.0 Å². The second-order valence-electron chi connectivity index (χ2n) is 8.71. The van der Waals surface area contributed by atoms with Crippen molar-refractivity contribution in [1.82, 2.24) is 24.6 Å². The highest BCUT2D eigenvalue weighted by molar-refractivity contribution is 5.91. The first kappa shape index (κ1) is 25.8. The maximum atomic E-state index is 14.4. The van der Waals surface area contributed by atoms with Gasteiger partial charge in [-0.25, -0.2) is 28.2 Å². The molecule has 2 aromatic heterocycles. The third kappa shape index (κ3) is 6.12. The zero-order chi connectivity index (χ0) is 26.4. The van der Waals surface area contributed by atoms with Crippen LogP contribution in [0.3, 0.4) is 0 Å². The van der Waals surface area contributed by atoms with Crippen molar-refractivity contribution in [3.05, 3.63) is 65.4 Å². The summed E-state index contributed by atoms with van der Waals surface area (Å²) in [5.41, 5.74) is 8.42. The van der Waals surface area contributed by atoms with Crippen LogP contribution in [0, 0.1) is 24.6 Å². The van der Waals surface area contributed by atoms with E-state index in [9.17, 15) is 13.6 Å². The molecular weight excluding hydrogens is 476 g/mol. The zero-order valence-corrected chi connectivity index (χ0v) is 20.8. The van der Waals surface area contributed by atoms with Crippen LogP contribution in [-0.4, -0.2) is 49.9 Å². The van der Waals surface area contributed by atoms with E-state index in [-0.39, 0.29) is 11.7 Å². The van der Waals surface area contributed by atoms with E-state index < -0.39 is 12.0 Å². The van der Waals surface area contributed by atoms with E-state index >= 15 is 0 Å². The van der Waals surface area contributed by atoms with Gasteiger partial charge in [-0.3, -0.25) is 0 Å². The van der Waals surface area contributed by atoms with Crippen molar-refractivity contribution in [2.24, 2.45) is 0 Å². The Morgan fingerprint density at radius 3 is 2.65 bits per heavy atom. The van der Waals surface area contributed by atoms with Gasteiger partial charge in [-0.1, -0.05) is 30.2 Å². The second-order valence-corrected chi connectivity index (χ2v) is 8.71. The lowest BCUT2D eigenvalue weighted by Gasteiger charge is -2.17. The van der Waals surface area contributed by atoms with Gasteiger partial charge in [-0.15, -0.1) is 0 Å². The molecule has 37 heavy (non-hydrogen) atoms. The van der Waals surface area contributed by atoms with Crippen molar-refractivity contribution in [3.63, 3.8) is 0 Å². The molecule has 3 aromatic rings. The molecular formula is C27H29F2N7O. The molecule has 1 aliphatic heterocycles. The summed E-state index contributed by atoms with van der Waals surface area (Å²) in [6.07, 6.45) is 10.1. The first-order valence-electron chi connectivity index (χ1n) is 12.2. The van der Waals surface area contributed by atoms with Crippen LogP contribution in [0.4, 0.5) is 25.1 Å². The Balaban J connectivity index is 0.000000396. The van der Waals surface area contributed by atoms with Gasteiger partial charge in [0.25, 0.3) is 0 Å². The number of likely N-dealkylation sites (tertiary alicyclic amines) is 1. The average molecular weight is 506 g/mol. The molecule has 0 spiro atoms. The molecule has 192 valence electrons. The summed E-state index contributed by atoms with van der Waals surface area (Å²) in [4.78, 5) is 22.3. The molecule has 1 atom stereocenters. The monoisotopic (exact) mass is 505 g/mol.